The highest BCUT2D eigenvalue weighted by Crippen LogP contribution is 2.33. The first-order valence-corrected chi connectivity index (χ1v) is 5.42. The molecule has 0 atom stereocenters. The number of hydrogen-bond donors (Lipinski definition) is 2. The number of hydrogen-bond acceptors (Lipinski definition) is 5. The molecule has 3 rings (SSSR count). The number of aromatic nitrogens is 1. The Morgan fingerprint density at radius 1 is 1.22 bits per heavy atom. The van der Waals surface area contributed by atoms with Crippen molar-refractivity contribution in [1.82, 2.24) is 4.98 Å². The molecule has 1 aromatic heterocycles. The lowest BCUT2D eigenvalue weighted by molar-refractivity contribution is 0.172. The maximum atomic E-state index is 11.7. The van der Waals surface area contributed by atoms with Gasteiger partial charge in [-0.1, -0.05) is 5.16 Å². The predicted octanol–water partition coefficient (Wildman–Crippen LogP) is 1.11. The molecule has 0 aliphatic carbocycles. The average molecular weight is 246 g/mol. The number of pyridine rings is 1. The van der Waals surface area contributed by atoms with Crippen LogP contribution in [0.5, 0.6) is 11.5 Å². The van der Waals surface area contributed by atoms with Crippen molar-refractivity contribution in [2.24, 2.45) is 5.16 Å². The van der Waals surface area contributed by atoms with E-state index in [1.165, 1.54) is 0 Å². The molecule has 0 spiro atoms. The Morgan fingerprint density at radius 2 is 1.94 bits per heavy atom. The number of nitrogens with zero attached hydrogens (tertiary/aromatic N) is 1. The van der Waals surface area contributed by atoms with Crippen LogP contribution in [0, 0.1) is 0 Å². The van der Waals surface area contributed by atoms with Crippen LogP contribution in [-0.2, 0) is 0 Å². The molecule has 0 fully saturated rings. The lowest BCUT2D eigenvalue weighted by Gasteiger charge is -2.18. The molecule has 6 nitrogen and oxygen atoms in total. The zero-order chi connectivity index (χ0) is 12.5. The minimum atomic E-state index is -0.322. The van der Waals surface area contributed by atoms with Gasteiger partial charge < -0.3 is 19.7 Å². The summed E-state index contributed by atoms with van der Waals surface area (Å²) < 4.78 is 10.9. The van der Waals surface area contributed by atoms with Crippen LogP contribution in [-0.4, -0.2) is 29.6 Å². The van der Waals surface area contributed by atoms with Gasteiger partial charge in [0.05, 0.1) is 17.3 Å². The first-order chi connectivity index (χ1) is 8.78. The molecule has 0 unspecified atom stereocenters. The summed E-state index contributed by atoms with van der Waals surface area (Å²) in [6.07, 6.45) is 1.09. The van der Waals surface area contributed by atoms with E-state index in [-0.39, 0.29) is 11.1 Å². The van der Waals surface area contributed by atoms with Crippen molar-refractivity contribution in [3.8, 4) is 11.5 Å². The predicted molar refractivity (Wildman–Crippen MR) is 64.9 cm³/mol. The van der Waals surface area contributed by atoms with Crippen LogP contribution >= 0.6 is 0 Å². The smallest absolute Gasteiger partial charge is 0.257 e. The van der Waals surface area contributed by atoms with Gasteiger partial charge in [0.2, 0.25) is 0 Å². The molecular weight excluding hydrogens is 236 g/mol. The summed E-state index contributed by atoms with van der Waals surface area (Å²) in [4.78, 5) is 14.4. The maximum absolute atomic E-state index is 11.7. The van der Waals surface area contributed by atoms with Crippen LogP contribution in [0.4, 0.5) is 0 Å². The largest absolute Gasteiger partial charge is 0.486 e. The van der Waals surface area contributed by atoms with Crippen LogP contribution in [0.1, 0.15) is 5.56 Å². The van der Waals surface area contributed by atoms with Gasteiger partial charge >= 0.3 is 0 Å². The number of H-pyrrole nitrogens is 1. The van der Waals surface area contributed by atoms with Crippen molar-refractivity contribution < 1.29 is 14.7 Å². The summed E-state index contributed by atoms with van der Waals surface area (Å²) in [6, 6.07) is 5.14. The third-order valence-electron chi connectivity index (χ3n) is 2.73. The first-order valence-electron chi connectivity index (χ1n) is 5.42. The Bertz CT molecular complexity index is 690. The Labute approximate surface area is 101 Å². The zero-order valence-electron chi connectivity index (χ0n) is 9.34. The average Bonchev–Trinajstić information content (AvgIpc) is 2.38. The zero-order valence-corrected chi connectivity index (χ0v) is 9.34. The molecule has 6 heteroatoms. The molecule has 2 aromatic rings. The Morgan fingerprint density at radius 3 is 2.67 bits per heavy atom. The molecule has 2 heterocycles. The number of nitrogens with one attached hydrogen (secondary N) is 1. The van der Waals surface area contributed by atoms with Gasteiger partial charge in [0.25, 0.3) is 5.56 Å². The normalized spacial score (nSPS) is 14.2. The molecule has 92 valence electrons. The number of fused-ring (bicyclic) bond motifs is 2. The van der Waals surface area contributed by atoms with Gasteiger partial charge in [0, 0.05) is 11.5 Å². The molecule has 0 saturated heterocycles. The van der Waals surface area contributed by atoms with Gasteiger partial charge in [-0.2, -0.15) is 0 Å². The fourth-order valence-electron chi connectivity index (χ4n) is 1.92. The summed E-state index contributed by atoms with van der Waals surface area (Å²) in [7, 11) is 0. The van der Waals surface area contributed by atoms with Crippen molar-refractivity contribution in [1.29, 1.82) is 0 Å². The van der Waals surface area contributed by atoms with E-state index in [9.17, 15) is 4.79 Å². The Kier molecular flexibility index (Phi) is 2.40. The van der Waals surface area contributed by atoms with Crippen molar-refractivity contribution in [2.75, 3.05) is 13.2 Å². The first kappa shape index (κ1) is 10.6. The maximum Gasteiger partial charge on any atom is 0.257 e. The third kappa shape index (κ3) is 1.67. The standard InChI is InChI=1S/C12H10N2O4/c15-12-8(6-13-16)3-7-4-10-11(5-9(7)14-12)18-2-1-17-10/h3-6,16H,1-2H2,(H,14,15)/b13-6+. The van der Waals surface area contributed by atoms with Crippen LogP contribution in [0.15, 0.2) is 28.1 Å². The highest BCUT2D eigenvalue weighted by molar-refractivity contribution is 5.89. The molecule has 0 radical (unpaired) electrons. The van der Waals surface area contributed by atoms with E-state index in [2.05, 4.69) is 10.1 Å². The summed E-state index contributed by atoms with van der Waals surface area (Å²) >= 11 is 0. The lowest BCUT2D eigenvalue weighted by atomic mass is 10.1. The second-order valence-corrected chi connectivity index (χ2v) is 3.88. The summed E-state index contributed by atoms with van der Waals surface area (Å²) in [5, 5.41) is 12.1. The van der Waals surface area contributed by atoms with Crippen LogP contribution < -0.4 is 15.0 Å². The molecule has 0 bridgehead atoms. The number of aromatic amines is 1. The summed E-state index contributed by atoms with van der Waals surface area (Å²) in [5.74, 6) is 1.26. The third-order valence-corrected chi connectivity index (χ3v) is 2.73. The highest BCUT2D eigenvalue weighted by atomic mass is 16.6. The van der Waals surface area contributed by atoms with Gasteiger partial charge in [-0.25, -0.2) is 0 Å². The molecule has 1 aliphatic heterocycles. The molecule has 1 aromatic carbocycles. The van der Waals surface area contributed by atoms with Gasteiger partial charge in [0.15, 0.2) is 11.5 Å². The Hall–Kier alpha value is -2.50. The van der Waals surface area contributed by atoms with E-state index < -0.39 is 0 Å². The lowest BCUT2D eigenvalue weighted by Crippen LogP contribution is -2.16. The Balaban J connectivity index is 2.25. The van der Waals surface area contributed by atoms with E-state index >= 15 is 0 Å². The second kappa shape index (κ2) is 4.06. The quantitative estimate of drug-likeness (QED) is 0.448. The molecule has 0 amide bonds. The fraction of sp³-hybridized carbons (Fsp3) is 0.167. The SMILES string of the molecule is O=c1[nH]c2cc3c(cc2cc1/C=N/O)OCCO3. The van der Waals surface area contributed by atoms with Crippen molar-refractivity contribution in [3.05, 3.63) is 34.1 Å². The molecule has 2 N–H and O–H groups in total. The minimum Gasteiger partial charge on any atom is -0.486 e. The van der Waals surface area contributed by atoms with Gasteiger partial charge in [-0.3, -0.25) is 4.79 Å². The topological polar surface area (TPSA) is 83.9 Å². The molecular formula is C12H10N2O4. The van der Waals surface area contributed by atoms with Gasteiger partial charge in [0.1, 0.15) is 13.2 Å². The number of benzene rings is 1. The van der Waals surface area contributed by atoms with E-state index in [0.29, 0.717) is 30.2 Å². The highest BCUT2D eigenvalue weighted by Gasteiger charge is 2.13. The molecule has 18 heavy (non-hydrogen) atoms. The van der Waals surface area contributed by atoms with E-state index in [1.54, 1.807) is 18.2 Å². The number of oxime groups is 1. The monoisotopic (exact) mass is 246 g/mol. The second-order valence-electron chi connectivity index (χ2n) is 3.88. The van der Waals surface area contributed by atoms with Gasteiger partial charge in [-0.15, -0.1) is 0 Å². The van der Waals surface area contributed by atoms with Crippen molar-refractivity contribution >= 4 is 17.1 Å². The number of ether oxygens (including phenoxy) is 2. The van der Waals surface area contributed by atoms with Crippen LogP contribution in [0.2, 0.25) is 0 Å². The summed E-state index contributed by atoms with van der Waals surface area (Å²) in [5.41, 5.74) is 0.609. The molecule has 0 saturated carbocycles. The van der Waals surface area contributed by atoms with Crippen molar-refractivity contribution in [2.45, 2.75) is 0 Å². The van der Waals surface area contributed by atoms with Crippen LogP contribution in [0.25, 0.3) is 10.9 Å². The number of rotatable bonds is 1. The van der Waals surface area contributed by atoms with E-state index in [0.717, 1.165) is 11.6 Å². The van der Waals surface area contributed by atoms with E-state index in [4.69, 9.17) is 14.7 Å². The van der Waals surface area contributed by atoms with Crippen molar-refractivity contribution in [3.63, 3.8) is 0 Å². The fourth-order valence-corrected chi connectivity index (χ4v) is 1.92. The molecule has 1 aliphatic rings. The van der Waals surface area contributed by atoms with Crippen LogP contribution in [0.3, 0.4) is 0 Å². The van der Waals surface area contributed by atoms with E-state index in [1.807, 2.05) is 0 Å². The van der Waals surface area contributed by atoms with Gasteiger partial charge in [-0.05, 0) is 12.1 Å². The minimum absolute atomic E-state index is 0.279. The summed E-state index contributed by atoms with van der Waals surface area (Å²) in [6.45, 7) is 1.00.